The van der Waals surface area contributed by atoms with Gasteiger partial charge in [-0.1, -0.05) is 30.3 Å². The summed E-state index contributed by atoms with van der Waals surface area (Å²) in [6.45, 7) is 2.01. The molecule has 1 aliphatic heterocycles. The quantitative estimate of drug-likeness (QED) is 0.652. The van der Waals surface area contributed by atoms with Crippen LogP contribution in [0.3, 0.4) is 0 Å². The predicted octanol–water partition coefficient (Wildman–Crippen LogP) is 0.572. The third kappa shape index (κ3) is 3.02. The maximum Gasteiger partial charge on any atom is 0.119 e. The highest BCUT2D eigenvalue weighted by atomic mass is 15.6. The predicted molar refractivity (Wildman–Crippen MR) is 65.3 cm³/mol. The number of nitrogens with zero attached hydrogens (tertiary/aromatic N) is 1. The first kappa shape index (κ1) is 11.5. The van der Waals surface area contributed by atoms with Crippen molar-refractivity contribution >= 4 is 0 Å². The summed E-state index contributed by atoms with van der Waals surface area (Å²) in [5.74, 6) is 0.674. The lowest BCUT2D eigenvalue weighted by Gasteiger charge is -2.33. The largest absolute Gasteiger partial charge is 0.303 e. The number of piperidine rings is 1. The fourth-order valence-electron chi connectivity index (χ4n) is 2.28. The van der Waals surface area contributed by atoms with Crippen molar-refractivity contribution < 1.29 is 0 Å². The van der Waals surface area contributed by atoms with E-state index in [0.29, 0.717) is 5.92 Å². The van der Waals surface area contributed by atoms with E-state index >= 15 is 0 Å². The van der Waals surface area contributed by atoms with E-state index in [1.54, 1.807) is 0 Å². The highest BCUT2D eigenvalue weighted by Crippen LogP contribution is 2.26. The lowest BCUT2D eigenvalue weighted by molar-refractivity contribution is 0.122. The van der Waals surface area contributed by atoms with E-state index < -0.39 is 6.29 Å². The number of hydrogen-bond donors (Lipinski definition) is 3. The summed E-state index contributed by atoms with van der Waals surface area (Å²) in [7, 11) is 0. The van der Waals surface area contributed by atoms with Crippen LogP contribution in [0.1, 0.15) is 24.3 Å². The average molecular weight is 220 g/mol. The molecule has 1 aromatic carbocycles. The molecule has 0 bridgehead atoms. The van der Waals surface area contributed by atoms with Crippen molar-refractivity contribution in [2.75, 3.05) is 13.1 Å². The molecule has 1 aromatic rings. The van der Waals surface area contributed by atoms with Crippen molar-refractivity contribution in [1.29, 1.82) is 0 Å². The van der Waals surface area contributed by atoms with Crippen LogP contribution >= 0.6 is 0 Å². The Morgan fingerprint density at radius 3 is 2.31 bits per heavy atom. The van der Waals surface area contributed by atoms with Crippen molar-refractivity contribution in [2.45, 2.75) is 25.0 Å². The van der Waals surface area contributed by atoms with Gasteiger partial charge in [0.15, 0.2) is 0 Å². The average Bonchev–Trinajstić information content (AvgIpc) is 2.30. The number of nitrogens with one attached hydrogen (secondary N) is 1. The number of rotatable bonds is 3. The Morgan fingerprint density at radius 2 is 1.75 bits per heavy atom. The van der Waals surface area contributed by atoms with Gasteiger partial charge in [0.2, 0.25) is 0 Å². The van der Waals surface area contributed by atoms with Gasteiger partial charge in [0, 0.05) is 13.1 Å². The van der Waals surface area contributed by atoms with Gasteiger partial charge in [0.05, 0.1) is 0 Å². The van der Waals surface area contributed by atoms with Crippen molar-refractivity contribution in [1.82, 2.24) is 10.4 Å². The molecule has 0 unspecified atom stereocenters. The molecule has 5 N–H and O–H groups in total. The molecule has 0 saturated carbocycles. The van der Waals surface area contributed by atoms with Crippen LogP contribution in [0, 0.1) is 0 Å². The topological polar surface area (TPSA) is 67.3 Å². The van der Waals surface area contributed by atoms with Crippen molar-refractivity contribution in [3.8, 4) is 0 Å². The molecule has 4 nitrogen and oxygen atoms in total. The third-order valence-electron chi connectivity index (χ3n) is 3.10. The van der Waals surface area contributed by atoms with Crippen LogP contribution < -0.4 is 16.9 Å². The van der Waals surface area contributed by atoms with Crippen molar-refractivity contribution in [2.24, 2.45) is 11.5 Å². The molecular weight excluding hydrogens is 200 g/mol. The molecule has 1 heterocycles. The molecule has 1 aliphatic rings. The molecule has 88 valence electrons. The number of hydrazine groups is 1. The van der Waals surface area contributed by atoms with Crippen LogP contribution in [0.5, 0.6) is 0 Å². The van der Waals surface area contributed by atoms with Gasteiger partial charge < -0.3 is 11.5 Å². The van der Waals surface area contributed by atoms with E-state index in [1.165, 1.54) is 5.56 Å². The molecule has 0 spiro atoms. The van der Waals surface area contributed by atoms with Crippen molar-refractivity contribution in [3.63, 3.8) is 0 Å². The van der Waals surface area contributed by atoms with Crippen LogP contribution in [-0.4, -0.2) is 24.4 Å². The molecule has 0 atom stereocenters. The van der Waals surface area contributed by atoms with Gasteiger partial charge in [-0.05, 0) is 24.3 Å². The maximum absolute atomic E-state index is 5.49. The first-order valence-electron chi connectivity index (χ1n) is 5.83. The summed E-state index contributed by atoms with van der Waals surface area (Å²) in [4.78, 5) is 0. The summed E-state index contributed by atoms with van der Waals surface area (Å²) in [5, 5.41) is 2.12. The summed E-state index contributed by atoms with van der Waals surface area (Å²) in [5.41, 5.74) is 15.5. The molecule has 1 fully saturated rings. The Kier molecular flexibility index (Phi) is 3.90. The summed E-state index contributed by atoms with van der Waals surface area (Å²) in [6, 6.07) is 10.7. The molecule has 16 heavy (non-hydrogen) atoms. The smallest absolute Gasteiger partial charge is 0.119 e. The van der Waals surface area contributed by atoms with Gasteiger partial charge in [-0.2, -0.15) is 0 Å². The molecule has 0 aliphatic carbocycles. The van der Waals surface area contributed by atoms with E-state index in [1.807, 2.05) is 0 Å². The normalized spacial score (nSPS) is 19.2. The maximum atomic E-state index is 5.49. The molecule has 4 heteroatoms. The standard InChI is InChI=1S/C12H20N4/c13-12(14)15-16-8-6-11(7-9-16)10-4-2-1-3-5-10/h1-5,11-12,15H,6-9,13-14H2. The number of benzene rings is 1. The Hall–Kier alpha value is -0.940. The summed E-state index contributed by atoms with van der Waals surface area (Å²) in [6.07, 6.45) is 1.86. The molecule has 0 amide bonds. The molecule has 0 radical (unpaired) electrons. The van der Waals surface area contributed by atoms with E-state index in [4.69, 9.17) is 11.5 Å². The minimum Gasteiger partial charge on any atom is -0.303 e. The van der Waals surface area contributed by atoms with Gasteiger partial charge >= 0.3 is 0 Å². The lowest BCUT2D eigenvalue weighted by atomic mass is 9.90. The highest BCUT2D eigenvalue weighted by Gasteiger charge is 2.20. The molecular formula is C12H20N4. The zero-order valence-electron chi connectivity index (χ0n) is 9.47. The Bertz CT molecular complexity index is 304. The Morgan fingerprint density at radius 1 is 1.12 bits per heavy atom. The second-order valence-corrected chi connectivity index (χ2v) is 4.33. The SMILES string of the molecule is NC(N)NN1CCC(c2ccccc2)CC1. The fourth-order valence-corrected chi connectivity index (χ4v) is 2.28. The van der Waals surface area contributed by atoms with Gasteiger partial charge in [-0.25, -0.2) is 10.4 Å². The lowest BCUT2D eigenvalue weighted by Crippen LogP contribution is -2.55. The first-order chi connectivity index (χ1) is 7.75. The van der Waals surface area contributed by atoms with E-state index in [2.05, 4.69) is 40.8 Å². The number of hydrogen-bond acceptors (Lipinski definition) is 4. The van der Waals surface area contributed by atoms with E-state index in [9.17, 15) is 0 Å². The van der Waals surface area contributed by atoms with Crippen molar-refractivity contribution in [3.05, 3.63) is 35.9 Å². The minimum absolute atomic E-state index is 0.451. The van der Waals surface area contributed by atoms with Crippen LogP contribution in [-0.2, 0) is 0 Å². The molecule has 2 rings (SSSR count). The summed E-state index contributed by atoms with van der Waals surface area (Å²) >= 11 is 0. The minimum atomic E-state index is -0.451. The highest BCUT2D eigenvalue weighted by molar-refractivity contribution is 5.19. The number of nitrogens with two attached hydrogens (primary N) is 2. The van der Waals surface area contributed by atoms with Crippen LogP contribution in [0.2, 0.25) is 0 Å². The molecule has 0 aromatic heterocycles. The zero-order chi connectivity index (χ0) is 11.4. The van der Waals surface area contributed by atoms with Crippen LogP contribution in [0.15, 0.2) is 30.3 Å². The second-order valence-electron chi connectivity index (χ2n) is 4.33. The Balaban J connectivity index is 1.86. The summed E-state index contributed by atoms with van der Waals surface area (Å²) < 4.78 is 0. The van der Waals surface area contributed by atoms with Gasteiger partial charge in [0.25, 0.3) is 0 Å². The zero-order valence-corrected chi connectivity index (χ0v) is 9.47. The first-order valence-corrected chi connectivity index (χ1v) is 5.83. The second kappa shape index (κ2) is 5.41. The van der Waals surface area contributed by atoms with Gasteiger partial charge in [-0.15, -0.1) is 0 Å². The van der Waals surface area contributed by atoms with E-state index in [-0.39, 0.29) is 0 Å². The van der Waals surface area contributed by atoms with E-state index in [0.717, 1.165) is 25.9 Å². The molecule has 1 saturated heterocycles. The monoisotopic (exact) mass is 220 g/mol. The van der Waals surface area contributed by atoms with Gasteiger partial charge in [0.1, 0.15) is 6.29 Å². The van der Waals surface area contributed by atoms with Crippen LogP contribution in [0.25, 0.3) is 0 Å². The third-order valence-corrected chi connectivity index (χ3v) is 3.10. The Labute approximate surface area is 96.6 Å². The fraction of sp³-hybridized carbons (Fsp3) is 0.500. The van der Waals surface area contributed by atoms with Crippen LogP contribution in [0.4, 0.5) is 0 Å². The van der Waals surface area contributed by atoms with Gasteiger partial charge in [-0.3, -0.25) is 0 Å².